The predicted molar refractivity (Wildman–Crippen MR) is 98.8 cm³/mol. The Morgan fingerprint density at radius 3 is 2.30 bits per heavy atom. The number of benzene rings is 2. The standard InChI is InChI=1S/C20H21NO6/c1-13-4-7-15(20(24)26-3)11-17(13)21-18(22)12-27-16-8-5-14(6-9-16)10-19(23)25-2/h4-9,11H,10,12H2,1-3H3,(H,21,22). The second-order valence-corrected chi connectivity index (χ2v) is 5.75. The van der Waals surface area contributed by atoms with Crippen molar-refractivity contribution in [2.75, 3.05) is 26.1 Å². The van der Waals surface area contributed by atoms with Gasteiger partial charge in [0.25, 0.3) is 5.91 Å². The van der Waals surface area contributed by atoms with E-state index in [0.29, 0.717) is 17.0 Å². The van der Waals surface area contributed by atoms with Crippen molar-refractivity contribution < 1.29 is 28.6 Å². The van der Waals surface area contributed by atoms with Gasteiger partial charge in [-0.1, -0.05) is 18.2 Å². The van der Waals surface area contributed by atoms with E-state index in [1.165, 1.54) is 14.2 Å². The Kier molecular flexibility index (Phi) is 6.93. The van der Waals surface area contributed by atoms with Gasteiger partial charge in [0, 0.05) is 5.69 Å². The zero-order valence-corrected chi connectivity index (χ0v) is 15.4. The fourth-order valence-electron chi connectivity index (χ4n) is 2.28. The van der Waals surface area contributed by atoms with Gasteiger partial charge in [0.1, 0.15) is 5.75 Å². The first kappa shape index (κ1) is 20.0. The fourth-order valence-corrected chi connectivity index (χ4v) is 2.28. The average Bonchev–Trinajstić information content (AvgIpc) is 2.68. The van der Waals surface area contributed by atoms with Crippen LogP contribution in [0.15, 0.2) is 42.5 Å². The van der Waals surface area contributed by atoms with Gasteiger partial charge in [-0.15, -0.1) is 0 Å². The first-order valence-corrected chi connectivity index (χ1v) is 8.20. The molecule has 0 aliphatic carbocycles. The molecule has 0 aliphatic rings. The average molecular weight is 371 g/mol. The number of aryl methyl sites for hydroxylation is 1. The number of hydrogen-bond acceptors (Lipinski definition) is 6. The van der Waals surface area contributed by atoms with Gasteiger partial charge in [0.15, 0.2) is 6.61 Å². The van der Waals surface area contributed by atoms with Crippen molar-refractivity contribution in [3.8, 4) is 5.75 Å². The van der Waals surface area contributed by atoms with E-state index in [1.807, 2.05) is 6.92 Å². The minimum Gasteiger partial charge on any atom is -0.484 e. The van der Waals surface area contributed by atoms with Crippen molar-refractivity contribution >= 4 is 23.5 Å². The molecule has 1 amide bonds. The third-order valence-electron chi connectivity index (χ3n) is 3.80. The molecule has 27 heavy (non-hydrogen) atoms. The molecule has 1 N–H and O–H groups in total. The first-order chi connectivity index (χ1) is 12.9. The summed E-state index contributed by atoms with van der Waals surface area (Å²) in [6, 6.07) is 11.7. The van der Waals surface area contributed by atoms with E-state index >= 15 is 0 Å². The van der Waals surface area contributed by atoms with Crippen LogP contribution in [-0.4, -0.2) is 38.7 Å². The van der Waals surface area contributed by atoms with Crippen LogP contribution in [0.25, 0.3) is 0 Å². The summed E-state index contributed by atoms with van der Waals surface area (Å²) in [5.74, 6) is -0.668. The predicted octanol–water partition coefficient (Wildman–Crippen LogP) is 2.51. The molecule has 0 heterocycles. The third kappa shape index (κ3) is 5.85. The summed E-state index contributed by atoms with van der Waals surface area (Å²) in [6.07, 6.45) is 0.174. The van der Waals surface area contributed by atoms with Gasteiger partial charge >= 0.3 is 11.9 Å². The summed E-state index contributed by atoms with van der Waals surface area (Å²) in [4.78, 5) is 35.0. The second kappa shape index (κ2) is 9.38. The summed E-state index contributed by atoms with van der Waals surface area (Å²) < 4.78 is 14.7. The molecule has 0 aromatic heterocycles. The minimum atomic E-state index is -0.478. The molecule has 7 nitrogen and oxygen atoms in total. The van der Waals surface area contributed by atoms with Crippen LogP contribution in [-0.2, 0) is 25.5 Å². The molecule has 2 rings (SSSR count). The molecule has 0 aliphatic heterocycles. The number of methoxy groups -OCH3 is 2. The monoisotopic (exact) mass is 371 g/mol. The zero-order valence-electron chi connectivity index (χ0n) is 15.4. The lowest BCUT2D eigenvalue weighted by Gasteiger charge is -2.11. The van der Waals surface area contributed by atoms with Crippen molar-refractivity contribution in [2.45, 2.75) is 13.3 Å². The normalized spacial score (nSPS) is 10.0. The van der Waals surface area contributed by atoms with E-state index in [-0.39, 0.29) is 24.9 Å². The summed E-state index contributed by atoms with van der Waals surface area (Å²) in [5.41, 5.74) is 2.46. The van der Waals surface area contributed by atoms with Crippen molar-refractivity contribution in [3.05, 3.63) is 59.2 Å². The molecule has 0 atom stereocenters. The maximum Gasteiger partial charge on any atom is 0.337 e. The van der Waals surface area contributed by atoms with Gasteiger partial charge < -0.3 is 19.5 Å². The van der Waals surface area contributed by atoms with Crippen LogP contribution in [0.5, 0.6) is 5.75 Å². The van der Waals surface area contributed by atoms with Crippen molar-refractivity contribution in [1.82, 2.24) is 0 Å². The highest BCUT2D eigenvalue weighted by molar-refractivity contribution is 5.95. The molecular weight excluding hydrogens is 350 g/mol. The topological polar surface area (TPSA) is 90.9 Å². The van der Waals surface area contributed by atoms with Crippen molar-refractivity contribution in [3.63, 3.8) is 0 Å². The lowest BCUT2D eigenvalue weighted by atomic mass is 10.1. The van der Waals surface area contributed by atoms with Crippen LogP contribution >= 0.6 is 0 Å². The number of esters is 2. The van der Waals surface area contributed by atoms with Crippen LogP contribution < -0.4 is 10.1 Å². The number of rotatable bonds is 7. The van der Waals surface area contributed by atoms with Crippen LogP contribution in [0.1, 0.15) is 21.5 Å². The largest absolute Gasteiger partial charge is 0.484 e. The second-order valence-electron chi connectivity index (χ2n) is 5.75. The highest BCUT2D eigenvalue weighted by Gasteiger charge is 2.11. The van der Waals surface area contributed by atoms with Crippen LogP contribution in [0.4, 0.5) is 5.69 Å². The van der Waals surface area contributed by atoms with Crippen LogP contribution in [0, 0.1) is 6.92 Å². The summed E-state index contributed by atoms with van der Waals surface area (Å²) in [7, 11) is 2.63. The number of carbonyl (C=O) groups is 3. The number of ether oxygens (including phenoxy) is 3. The Bertz CT molecular complexity index is 829. The van der Waals surface area contributed by atoms with E-state index in [1.54, 1.807) is 42.5 Å². The highest BCUT2D eigenvalue weighted by atomic mass is 16.5. The molecule has 0 spiro atoms. The molecule has 0 saturated carbocycles. The van der Waals surface area contributed by atoms with Gasteiger partial charge in [-0.3, -0.25) is 9.59 Å². The van der Waals surface area contributed by atoms with Gasteiger partial charge in [0.2, 0.25) is 0 Å². The molecule has 0 saturated heterocycles. The Balaban J connectivity index is 1.93. The Hall–Kier alpha value is -3.35. The van der Waals surface area contributed by atoms with Gasteiger partial charge in [-0.25, -0.2) is 4.79 Å². The lowest BCUT2D eigenvalue weighted by Crippen LogP contribution is -2.21. The smallest absolute Gasteiger partial charge is 0.337 e. The molecule has 7 heteroatoms. The zero-order chi connectivity index (χ0) is 19.8. The van der Waals surface area contributed by atoms with Gasteiger partial charge in [-0.05, 0) is 42.3 Å². The summed E-state index contributed by atoms with van der Waals surface area (Å²) in [6.45, 7) is 1.62. The Morgan fingerprint density at radius 1 is 0.963 bits per heavy atom. The van der Waals surface area contributed by atoms with Gasteiger partial charge in [0.05, 0.1) is 26.2 Å². The molecule has 142 valence electrons. The molecule has 2 aromatic carbocycles. The van der Waals surface area contributed by atoms with E-state index in [0.717, 1.165) is 11.1 Å². The lowest BCUT2D eigenvalue weighted by molar-refractivity contribution is -0.139. The quantitative estimate of drug-likeness (QED) is 0.752. The first-order valence-electron chi connectivity index (χ1n) is 8.20. The van der Waals surface area contributed by atoms with E-state index in [4.69, 9.17) is 4.74 Å². The van der Waals surface area contributed by atoms with E-state index in [9.17, 15) is 14.4 Å². The van der Waals surface area contributed by atoms with Crippen molar-refractivity contribution in [1.29, 1.82) is 0 Å². The van der Waals surface area contributed by atoms with Gasteiger partial charge in [-0.2, -0.15) is 0 Å². The number of hydrogen-bond donors (Lipinski definition) is 1. The number of amides is 1. The molecule has 0 unspecified atom stereocenters. The SMILES string of the molecule is COC(=O)Cc1ccc(OCC(=O)Nc2cc(C(=O)OC)ccc2C)cc1. The van der Waals surface area contributed by atoms with Crippen molar-refractivity contribution in [2.24, 2.45) is 0 Å². The van der Waals surface area contributed by atoms with Crippen LogP contribution in [0.2, 0.25) is 0 Å². The van der Waals surface area contributed by atoms with E-state index in [2.05, 4.69) is 14.8 Å². The number of anilines is 1. The minimum absolute atomic E-state index is 0.174. The molecule has 2 aromatic rings. The molecule has 0 radical (unpaired) electrons. The highest BCUT2D eigenvalue weighted by Crippen LogP contribution is 2.18. The molecule has 0 fully saturated rings. The maximum absolute atomic E-state index is 12.1. The Labute approximate surface area is 157 Å². The Morgan fingerprint density at radius 2 is 1.67 bits per heavy atom. The number of nitrogens with one attached hydrogen (secondary N) is 1. The molecular formula is C20H21NO6. The van der Waals surface area contributed by atoms with Crippen LogP contribution in [0.3, 0.4) is 0 Å². The maximum atomic E-state index is 12.1. The summed E-state index contributed by atoms with van der Waals surface area (Å²) >= 11 is 0. The summed E-state index contributed by atoms with van der Waals surface area (Å²) in [5, 5.41) is 2.71. The number of carbonyl (C=O) groups excluding carboxylic acids is 3. The molecule has 0 bridgehead atoms. The fraction of sp³-hybridized carbons (Fsp3) is 0.250. The third-order valence-corrected chi connectivity index (χ3v) is 3.80. The van der Waals surface area contributed by atoms with E-state index < -0.39 is 5.97 Å².